The number of carbonyl (C=O) groups is 1. The van der Waals surface area contributed by atoms with E-state index in [4.69, 9.17) is 9.73 Å². The van der Waals surface area contributed by atoms with Crippen LogP contribution in [0, 0.1) is 5.92 Å². The first-order valence-corrected chi connectivity index (χ1v) is 9.57. The predicted octanol–water partition coefficient (Wildman–Crippen LogP) is 3.48. The molecule has 27 heavy (non-hydrogen) atoms. The van der Waals surface area contributed by atoms with E-state index in [-0.39, 0.29) is 29.9 Å². The van der Waals surface area contributed by atoms with Gasteiger partial charge in [0.05, 0.1) is 13.2 Å². The van der Waals surface area contributed by atoms with Crippen molar-refractivity contribution < 1.29 is 9.53 Å². The molecule has 2 rings (SSSR count). The molecule has 0 bridgehead atoms. The van der Waals surface area contributed by atoms with Crippen molar-refractivity contribution in [1.82, 2.24) is 10.2 Å². The van der Waals surface area contributed by atoms with Crippen LogP contribution in [0.5, 0.6) is 0 Å². The van der Waals surface area contributed by atoms with Gasteiger partial charge in [-0.25, -0.2) is 4.99 Å². The van der Waals surface area contributed by atoms with Gasteiger partial charge in [0.25, 0.3) is 0 Å². The third-order valence-electron chi connectivity index (χ3n) is 4.45. The summed E-state index contributed by atoms with van der Waals surface area (Å²) in [5.74, 6) is 1.61. The molecule has 152 valence electrons. The maximum absolute atomic E-state index is 11.6. The Labute approximate surface area is 180 Å². The number of aliphatic imine (C=N–C) groups is 1. The number of nitrogens with one attached hydrogen (secondary N) is 2. The molecule has 1 aliphatic heterocycles. The Morgan fingerprint density at radius 1 is 1.30 bits per heavy atom. The van der Waals surface area contributed by atoms with Gasteiger partial charge in [0.1, 0.15) is 0 Å². The Hall–Kier alpha value is -1.35. The number of anilines is 1. The minimum Gasteiger partial charge on any atom is -0.384 e. The summed E-state index contributed by atoms with van der Waals surface area (Å²) in [6.45, 7) is 8.38. The smallest absolute Gasteiger partial charge is 0.224 e. The largest absolute Gasteiger partial charge is 0.384 e. The summed E-state index contributed by atoms with van der Waals surface area (Å²) in [6, 6.07) is 7.92. The molecule has 2 N–H and O–H groups in total. The minimum atomic E-state index is 0. The van der Waals surface area contributed by atoms with Gasteiger partial charge in [-0.15, -0.1) is 24.0 Å². The van der Waals surface area contributed by atoms with Crippen LogP contribution in [0.3, 0.4) is 0 Å². The average Bonchev–Trinajstić information content (AvgIpc) is 3.09. The molecule has 1 aliphatic rings. The van der Waals surface area contributed by atoms with Gasteiger partial charge in [0.2, 0.25) is 5.91 Å². The molecule has 0 spiro atoms. The van der Waals surface area contributed by atoms with Crippen LogP contribution in [0.15, 0.2) is 29.3 Å². The maximum atomic E-state index is 11.6. The summed E-state index contributed by atoms with van der Waals surface area (Å²) in [5.41, 5.74) is 1.96. The topological polar surface area (TPSA) is 66.0 Å². The first kappa shape index (κ1) is 23.7. The van der Waals surface area contributed by atoms with Crippen LogP contribution in [0.2, 0.25) is 0 Å². The van der Waals surface area contributed by atoms with Gasteiger partial charge in [0, 0.05) is 44.8 Å². The fourth-order valence-corrected chi connectivity index (χ4v) is 3.13. The minimum absolute atomic E-state index is 0. The summed E-state index contributed by atoms with van der Waals surface area (Å²) >= 11 is 0. The molecule has 1 saturated heterocycles. The van der Waals surface area contributed by atoms with Crippen LogP contribution < -0.4 is 10.6 Å². The zero-order valence-corrected chi connectivity index (χ0v) is 19.0. The van der Waals surface area contributed by atoms with E-state index in [9.17, 15) is 4.79 Å². The fraction of sp³-hybridized carbons (Fsp3) is 0.600. The van der Waals surface area contributed by atoms with Crippen molar-refractivity contribution in [2.45, 2.75) is 39.7 Å². The lowest BCUT2D eigenvalue weighted by molar-refractivity contribution is -0.116. The van der Waals surface area contributed by atoms with Crippen LogP contribution in [0.25, 0.3) is 0 Å². The Balaban J connectivity index is 0.00000364. The molecule has 1 fully saturated rings. The highest BCUT2D eigenvalue weighted by atomic mass is 127. The molecule has 7 heteroatoms. The first-order valence-electron chi connectivity index (χ1n) is 9.57. The number of carbonyl (C=O) groups excluding carboxylic acids is 1. The van der Waals surface area contributed by atoms with E-state index in [1.54, 1.807) is 7.11 Å². The van der Waals surface area contributed by atoms with Gasteiger partial charge in [-0.1, -0.05) is 19.1 Å². The van der Waals surface area contributed by atoms with E-state index in [2.05, 4.69) is 22.5 Å². The molecule has 0 aliphatic carbocycles. The molecule has 1 heterocycles. The van der Waals surface area contributed by atoms with Gasteiger partial charge >= 0.3 is 0 Å². The molecule has 1 aromatic carbocycles. The van der Waals surface area contributed by atoms with Gasteiger partial charge < -0.3 is 20.3 Å². The lowest BCUT2D eigenvalue weighted by Gasteiger charge is -2.21. The van der Waals surface area contributed by atoms with Crippen LogP contribution >= 0.6 is 24.0 Å². The third kappa shape index (κ3) is 8.04. The van der Waals surface area contributed by atoms with E-state index >= 15 is 0 Å². The average molecular weight is 488 g/mol. The van der Waals surface area contributed by atoms with Crippen molar-refractivity contribution >= 4 is 41.5 Å². The molecular weight excluding hydrogens is 455 g/mol. The lowest BCUT2D eigenvalue weighted by Crippen LogP contribution is -2.40. The van der Waals surface area contributed by atoms with Crippen molar-refractivity contribution in [3.05, 3.63) is 29.8 Å². The summed E-state index contributed by atoms with van der Waals surface area (Å²) in [4.78, 5) is 18.7. The number of halogens is 1. The Kier molecular flexibility index (Phi) is 11.3. The zero-order chi connectivity index (χ0) is 18.8. The van der Waals surface area contributed by atoms with Crippen molar-refractivity contribution in [3.8, 4) is 0 Å². The van der Waals surface area contributed by atoms with Gasteiger partial charge in [-0.05, 0) is 37.5 Å². The fourth-order valence-electron chi connectivity index (χ4n) is 3.13. The normalized spacial score (nSPS) is 16.8. The van der Waals surface area contributed by atoms with E-state index in [1.807, 2.05) is 31.2 Å². The van der Waals surface area contributed by atoms with Crippen LogP contribution in [0.1, 0.15) is 38.7 Å². The summed E-state index contributed by atoms with van der Waals surface area (Å²) in [7, 11) is 1.76. The standard InChI is InChI=1S/C20H32N4O2.HI/c1-4-6-19(25)23-18-9-7-16(8-10-18)13-22-20(21-5-2)24-12-11-17(14-24)15-26-3;/h7-10,17H,4-6,11-15H2,1-3H3,(H,21,22)(H,23,25);1H. The number of guanidine groups is 1. The SMILES string of the molecule is CCCC(=O)Nc1ccc(CN=C(NCC)N2CCC(COC)C2)cc1.I. The molecule has 6 nitrogen and oxygen atoms in total. The quantitative estimate of drug-likeness (QED) is 0.334. The molecule has 1 atom stereocenters. The molecule has 1 aromatic rings. The van der Waals surface area contributed by atoms with E-state index < -0.39 is 0 Å². The first-order chi connectivity index (χ1) is 12.7. The number of rotatable bonds is 8. The van der Waals surface area contributed by atoms with Crippen LogP contribution in [0.4, 0.5) is 5.69 Å². The number of hydrogen-bond donors (Lipinski definition) is 2. The lowest BCUT2D eigenvalue weighted by atomic mass is 10.1. The van der Waals surface area contributed by atoms with Gasteiger partial charge in [-0.2, -0.15) is 0 Å². The molecular formula is C20H33IN4O2. The summed E-state index contributed by atoms with van der Waals surface area (Å²) in [5, 5.41) is 6.30. The Bertz CT molecular complexity index is 592. The Morgan fingerprint density at radius 3 is 2.67 bits per heavy atom. The van der Waals surface area contributed by atoms with E-state index in [0.29, 0.717) is 18.9 Å². The van der Waals surface area contributed by atoms with E-state index in [1.165, 1.54) is 0 Å². The number of methoxy groups -OCH3 is 1. The monoisotopic (exact) mass is 488 g/mol. The molecule has 0 saturated carbocycles. The summed E-state index contributed by atoms with van der Waals surface area (Å²) < 4.78 is 5.28. The number of amides is 1. The van der Waals surface area contributed by atoms with Crippen molar-refractivity contribution in [3.63, 3.8) is 0 Å². The molecule has 0 aromatic heterocycles. The highest BCUT2D eigenvalue weighted by Crippen LogP contribution is 2.17. The van der Waals surface area contributed by atoms with Crippen LogP contribution in [-0.4, -0.2) is 50.1 Å². The van der Waals surface area contributed by atoms with E-state index in [0.717, 1.165) is 56.3 Å². The molecule has 0 radical (unpaired) electrons. The number of likely N-dealkylation sites (tertiary alicyclic amines) is 1. The number of hydrogen-bond acceptors (Lipinski definition) is 3. The van der Waals surface area contributed by atoms with Crippen LogP contribution in [-0.2, 0) is 16.1 Å². The second-order valence-electron chi connectivity index (χ2n) is 6.72. The van der Waals surface area contributed by atoms with Gasteiger partial charge in [0.15, 0.2) is 5.96 Å². The number of ether oxygens (including phenoxy) is 1. The third-order valence-corrected chi connectivity index (χ3v) is 4.45. The highest BCUT2D eigenvalue weighted by molar-refractivity contribution is 14.0. The number of benzene rings is 1. The molecule has 1 unspecified atom stereocenters. The number of nitrogens with zero attached hydrogens (tertiary/aromatic N) is 2. The van der Waals surface area contributed by atoms with Crippen molar-refractivity contribution in [1.29, 1.82) is 0 Å². The second kappa shape index (κ2) is 12.9. The van der Waals surface area contributed by atoms with Crippen molar-refractivity contribution in [2.24, 2.45) is 10.9 Å². The highest BCUT2D eigenvalue weighted by Gasteiger charge is 2.24. The Morgan fingerprint density at radius 2 is 2.04 bits per heavy atom. The summed E-state index contributed by atoms with van der Waals surface area (Å²) in [6.07, 6.45) is 2.55. The van der Waals surface area contributed by atoms with Gasteiger partial charge in [-0.3, -0.25) is 4.79 Å². The zero-order valence-electron chi connectivity index (χ0n) is 16.7. The maximum Gasteiger partial charge on any atom is 0.224 e. The van der Waals surface area contributed by atoms with Crippen molar-refractivity contribution in [2.75, 3.05) is 38.7 Å². The second-order valence-corrected chi connectivity index (χ2v) is 6.72. The molecule has 1 amide bonds. The predicted molar refractivity (Wildman–Crippen MR) is 122 cm³/mol.